The average molecular weight is 485 g/mol. The maximum Gasteiger partial charge on any atom is 0.269 e. The molecule has 9 heteroatoms. The summed E-state index contributed by atoms with van der Waals surface area (Å²) >= 11 is 0. The van der Waals surface area contributed by atoms with Crippen LogP contribution in [0.4, 0.5) is 4.39 Å². The lowest BCUT2D eigenvalue weighted by atomic mass is 10.1. The second-order valence-corrected chi connectivity index (χ2v) is 11.4. The van der Waals surface area contributed by atoms with Crippen molar-refractivity contribution in [3.05, 3.63) is 82.9 Å². The summed E-state index contributed by atoms with van der Waals surface area (Å²) in [6.45, 7) is 6.14. The van der Waals surface area contributed by atoms with E-state index in [0.717, 1.165) is 18.5 Å². The van der Waals surface area contributed by atoms with E-state index in [0.29, 0.717) is 22.7 Å². The van der Waals surface area contributed by atoms with Crippen LogP contribution < -0.4 is 10.0 Å². The number of halogens is 1. The lowest BCUT2D eigenvalue weighted by molar-refractivity contribution is 0.0932. The Bertz CT molecular complexity index is 1310. The number of nitrogens with zero attached hydrogens (tertiary/aromatic N) is 2. The minimum Gasteiger partial charge on any atom is -0.347 e. The highest BCUT2D eigenvalue weighted by Gasteiger charge is 2.31. The van der Waals surface area contributed by atoms with Crippen LogP contribution in [0.25, 0.3) is 0 Å². The van der Waals surface area contributed by atoms with Crippen LogP contribution in [0.3, 0.4) is 0 Å². The highest BCUT2D eigenvalue weighted by atomic mass is 32.2. The SMILES string of the molecule is CC(C)(C)n1nc(C2CC2)cc1C(=O)NCc1cccc(S(=O)(=O)NCc2cccc(F)c2)c1. The Hall–Kier alpha value is -3.04. The van der Waals surface area contributed by atoms with Gasteiger partial charge < -0.3 is 5.32 Å². The van der Waals surface area contributed by atoms with Gasteiger partial charge in [0.2, 0.25) is 10.0 Å². The topological polar surface area (TPSA) is 93.1 Å². The van der Waals surface area contributed by atoms with Gasteiger partial charge in [-0.3, -0.25) is 9.48 Å². The van der Waals surface area contributed by atoms with Crippen LogP contribution in [0, 0.1) is 5.82 Å². The molecule has 1 saturated carbocycles. The number of hydrogen-bond acceptors (Lipinski definition) is 4. The van der Waals surface area contributed by atoms with E-state index in [-0.39, 0.29) is 29.4 Å². The molecule has 3 aromatic rings. The summed E-state index contributed by atoms with van der Waals surface area (Å²) in [5, 5.41) is 7.55. The molecule has 0 aliphatic heterocycles. The Labute approximate surface area is 199 Å². The molecule has 7 nitrogen and oxygen atoms in total. The minimum absolute atomic E-state index is 0.0266. The van der Waals surface area contributed by atoms with Crippen LogP contribution in [0.15, 0.2) is 59.5 Å². The van der Waals surface area contributed by atoms with Gasteiger partial charge >= 0.3 is 0 Å². The van der Waals surface area contributed by atoms with Gasteiger partial charge in [-0.25, -0.2) is 17.5 Å². The standard InChI is InChI=1S/C25H29FN4O3S/c1-25(2,3)30-23(14-22(29-30)19-10-11-19)24(31)27-15-18-7-5-9-21(13-18)34(32,33)28-16-17-6-4-8-20(26)12-17/h4-9,12-14,19,28H,10-11,15-16H2,1-3H3,(H,27,31). The lowest BCUT2D eigenvalue weighted by Crippen LogP contribution is -2.32. The van der Waals surface area contributed by atoms with E-state index in [2.05, 4.69) is 15.1 Å². The molecule has 1 fully saturated rings. The van der Waals surface area contributed by atoms with Gasteiger partial charge in [0.15, 0.2) is 0 Å². The summed E-state index contributed by atoms with van der Waals surface area (Å²) in [4.78, 5) is 13.1. The first-order chi connectivity index (χ1) is 16.0. The summed E-state index contributed by atoms with van der Waals surface area (Å²) in [7, 11) is -3.81. The van der Waals surface area contributed by atoms with E-state index >= 15 is 0 Å². The second-order valence-electron chi connectivity index (χ2n) is 9.60. The number of benzene rings is 2. The normalized spacial score (nSPS) is 14.2. The molecular weight excluding hydrogens is 455 g/mol. The largest absolute Gasteiger partial charge is 0.347 e. The van der Waals surface area contributed by atoms with E-state index < -0.39 is 15.8 Å². The Balaban J connectivity index is 1.44. The van der Waals surface area contributed by atoms with Gasteiger partial charge in [-0.2, -0.15) is 5.10 Å². The van der Waals surface area contributed by atoms with E-state index in [1.807, 2.05) is 26.8 Å². The molecule has 1 aliphatic rings. The van der Waals surface area contributed by atoms with Crippen molar-refractivity contribution in [1.29, 1.82) is 0 Å². The third kappa shape index (κ3) is 5.71. The fourth-order valence-electron chi connectivity index (χ4n) is 3.66. The first-order valence-electron chi connectivity index (χ1n) is 11.2. The zero-order chi connectivity index (χ0) is 24.5. The van der Waals surface area contributed by atoms with E-state index in [9.17, 15) is 17.6 Å². The number of sulfonamides is 1. The predicted octanol–water partition coefficient (Wildman–Crippen LogP) is 4.06. The predicted molar refractivity (Wildman–Crippen MR) is 127 cm³/mol. The first-order valence-corrected chi connectivity index (χ1v) is 12.7. The number of hydrogen-bond donors (Lipinski definition) is 2. The van der Waals surface area contributed by atoms with Crippen molar-refractivity contribution >= 4 is 15.9 Å². The smallest absolute Gasteiger partial charge is 0.269 e. The zero-order valence-electron chi connectivity index (χ0n) is 19.5. The van der Waals surface area contributed by atoms with Crippen LogP contribution in [-0.4, -0.2) is 24.1 Å². The molecule has 0 spiro atoms. The third-order valence-electron chi connectivity index (χ3n) is 5.61. The molecule has 180 valence electrons. The number of nitrogens with one attached hydrogen (secondary N) is 2. The Morgan fingerprint density at radius 3 is 2.38 bits per heavy atom. The molecule has 1 heterocycles. The number of carbonyl (C=O) groups is 1. The van der Waals surface area contributed by atoms with Crippen molar-refractivity contribution in [3.8, 4) is 0 Å². The molecule has 0 saturated heterocycles. The fraction of sp³-hybridized carbons (Fsp3) is 0.360. The van der Waals surface area contributed by atoms with Gasteiger partial charge in [0.05, 0.1) is 16.1 Å². The molecule has 0 unspecified atom stereocenters. The number of carbonyl (C=O) groups excluding carboxylic acids is 1. The summed E-state index contributed by atoms with van der Waals surface area (Å²) in [5.41, 5.74) is 2.26. The lowest BCUT2D eigenvalue weighted by Gasteiger charge is -2.22. The summed E-state index contributed by atoms with van der Waals surface area (Å²) in [6, 6.07) is 14.0. The second kappa shape index (κ2) is 9.31. The highest BCUT2D eigenvalue weighted by Crippen LogP contribution is 2.40. The Morgan fingerprint density at radius 2 is 1.74 bits per heavy atom. The molecule has 1 aromatic heterocycles. The van der Waals surface area contributed by atoms with Crippen molar-refractivity contribution in [2.24, 2.45) is 0 Å². The number of aromatic nitrogens is 2. The Kier molecular flexibility index (Phi) is 6.60. The summed E-state index contributed by atoms with van der Waals surface area (Å²) < 4.78 is 43.0. The molecule has 34 heavy (non-hydrogen) atoms. The van der Waals surface area contributed by atoms with E-state index in [1.165, 1.54) is 30.3 Å². The van der Waals surface area contributed by atoms with Gasteiger partial charge in [-0.15, -0.1) is 0 Å². The molecule has 0 radical (unpaired) electrons. The maximum atomic E-state index is 13.4. The van der Waals surface area contributed by atoms with Crippen LogP contribution in [0.1, 0.15) is 66.8 Å². The summed E-state index contributed by atoms with van der Waals surface area (Å²) in [5.74, 6) is -0.254. The van der Waals surface area contributed by atoms with Crippen molar-refractivity contribution in [1.82, 2.24) is 19.8 Å². The van der Waals surface area contributed by atoms with Gasteiger partial charge in [0, 0.05) is 19.0 Å². The van der Waals surface area contributed by atoms with Crippen molar-refractivity contribution in [2.45, 2.75) is 63.1 Å². The maximum absolute atomic E-state index is 13.4. The third-order valence-corrected chi connectivity index (χ3v) is 7.01. The van der Waals surface area contributed by atoms with E-state index in [1.54, 1.807) is 22.9 Å². The molecule has 1 amide bonds. The van der Waals surface area contributed by atoms with Crippen molar-refractivity contribution < 1.29 is 17.6 Å². The quantitative estimate of drug-likeness (QED) is 0.504. The van der Waals surface area contributed by atoms with Gasteiger partial charge in [-0.1, -0.05) is 24.3 Å². The molecule has 1 aliphatic carbocycles. The van der Waals surface area contributed by atoms with Gasteiger partial charge in [-0.05, 0) is 75.1 Å². The van der Waals surface area contributed by atoms with Crippen LogP contribution >= 0.6 is 0 Å². The highest BCUT2D eigenvalue weighted by molar-refractivity contribution is 7.89. The van der Waals surface area contributed by atoms with Gasteiger partial charge in [0.25, 0.3) is 5.91 Å². The molecule has 0 atom stereocenters. The molecule has 4 rings (SSSR count). The molecule has 2 aromatic carbocycles. The van der Waals surface area contributed by atoms with E-state index in [4.69, 9.17) is 0 Å². The van der Waals surface area contributed by atoms with Crippen LogP contribution in [0.5, 0.6) is 0 Å². The van der Waals surface area contributed by atoms with Gasteiger partial charge in [0.1, 0.15) is 11.5 Å². The molecule has 0 bridgehead atoms. The average Bonchev–Trinajstić information content (AvgIpc) is 3.53. The molecule has 2 N–H and O–H groups in total. The number of rotatable bonds is 8. The monoisotopic (exact) mass is 484 g/mol. The minimum atomic E-state index is -3.81. The van der Waals surface area contributed by atoms with Crippen molar-refractivity contribution in [3.63, 3.8) is 0 Å². The van der Waals surface area contributed by atoms with Crippen LogP contribution in [-0.2, 0) is 28.7 Å². The zero-order valence-corrected chi connectivity index (χ0v) is 20.3. The number of amides is 1. The fourth-order valence-corrected chi connectivity index (χ4v) is 4.74. The Morgan fingerprint density at radius 1 is 1.06 bits per heavy atom. The molecular formula is C25H29FN4O3S. The van der Waals surface area contributed by atoms with Crippen molar-refractivity contribution in [2.75, 3.05) is 0 Å². The first kappa shape index (κ1) is 24.1. The van der Waals surface area contributed by atoms with Crippen LogP contribution in [0.2, 0.25) is 0 Å². The summed E-state index contributed by atoms with van der Waals surface area (Å²) in [6.07, 6.45) is 2.19.